The number of ether oxygens (including phenoxy) is 1. The summed E-state index contributed by atoms with van der Waals surface area (Å²) in [6.07, 6.45) is 4.55. The Hall–Kier alpha value is -1.65. The van der Waals surface area contributed by atoms with Crippen molar-refractivity contribution in [2.24, 2.45) is 0 Å². The monoisotopic (exact) mass is 288 g/mol. The molecule has 0 aliphatic rings. The Morgan fingerprint density at radius 3 is 2.90 bits per heavy atom. The first-order valence-electron chi connectivity index (χ1n) is 7.46. The van der Waals surface area contributed by atoms with Gasteiger partial charge in [-0.1, -0.05) is 29.8 Å². The van der Waals surface area contributed by atoms with E-state index in [-0.39, 0.29) is 0 Å². The molecular weight excluding hydrogens is 264 g/mol. The summed E-state index contributed by atoms with van der Waals surface area (Å²) >= 11 is 0. The average Bonchev–Trinajstić information content (AvgIpc) is 2.93. The van der Waals surface area contributed by atoms with E-state index in [9.17, 15) is 0 Å². The molecule has 1 heterocycles. The lowest BCUT2D eigenvalue weighted by Crippen LogP contribution is -2.21. The summed E-state index contributed by atoms with van der Waals surface area (Å²) in [7, 11) is 1.70. The van der Waals surface area contributed by atoms with Gasteiger partial charge in [-0.25, -0.2) is 4.98 Å². The number of methoxy groups -OCH3 is 1. The molecule has 0 atom stereocenters. The molecule has 0 fully saturated rings. The minimum Gasteiger partial charge on any atom is -0.446 e. The first-order chi connectivity index (χ1) is 10.3. The van der Waals surface area contributed by atoms with Crippen LogP contribution in [0.5, 0.6) is 0 Å². The number of hydrogen-bond acceptors (Lipinski definition) is 4. The summed E-state index contributed by atoms with van der Waals surface area (Å²) in [5.74, 6) is 1.77. The molecule has 0 bridgehead atoms. The number of oxazole rings is 1. The van der Waals surface area contributed by atoms with Gasteiger partial charge in [0.25, 0.3) is 0 Å². The third-order valence-corrected chi connectivity index (χ3v) is 3.34. The molecule has 0 radical (unpaired) electrons. The van der Waals surface area contributed by atoms with E-state index in [0.29, 0.717) is 0 Å². The standard InChI is InChI=1S/C17H24N2O2/c1-14-4-3-5-15(12-14)6-7-16-13-19-17(21-16)8-9-18-10-11-20-2/h3-5,12-13,18H,6-11H2,1-2H3. The Labute approximate surface area is 126 Å². The zero-order valence-corrected chi connectivity index (χ0v) is 12.9. The van der Waals surface area contributed by atoms with Gasteiger partial charge in [-0.05, 0) is 18.9 Å². The van der Waals surface area contributed by atoms with E-state index in [2.05, 4.69) is 41.5 Å². The number of aromatic nitrogens is 1. The fourth-order valence-corrected chi connectivity index (χ4v) is 2.21. The van der Waals surface area contributed by atoms with E-state index in [0.717, 1.165) is 50.6 Å². The van der Waals surface area contributed by atoms with Gasteiger partial charge in [-0.3, -0.25) is 0 Å². The third kappa shape index (κ3) is 5.69. The van der Waals surface area contributed by atoms with E-state index in [1.165, 1.54) is 11.1 Å². The molecule has 2 rings (SSSR count). The highest BCUT2D eigenvalue weighted by molar-refractivity contribution is 5.22. The van der Waals surface area contributed by atoms with E-state index < -0.39 is 0 Å². The maximum atomic E-state index is 5.76. The molecule has 4 heteroatoms. The van der Waals surface area contributed by atoms with Gasteiger partial charge in [-0.2, -0.15) is 0 Å². The minimum atomic E-state index is 0.729. The maximum absolute atomic E-state index is 5.76. The largest absolute Gasteiger partial charge is 0.446 e. The Morgan fingerprint density at radius 1 is 1.19 bits per heavy atom. The van der Waals surface area contributed by atoms with Gasteiger partial charge < -0.3 is 14.5 Å². The molecule has 4 nitrogen and oxygen atoms in total. The molecule has 0 saturated carbocycles. The lowest BCUT2D eigenvalue weighted by molar-refractivity contribution is 0.199. The van der Waals surface area contributed by atoms with Gasteiger partial charge in [0.1, 0.15) is 5.76 Å². The van der Waals surface area contributed by atoms with Crippen LogP contribution in [0.25, 0.3) is 0 Å². The Bertz CT molecular complexity index is 537. The summed E-state index contributed by atoms with van der Waals surface area (Å²) < 4.78 is 10.7. The molecule has 1 N–H and O–H groups in total. The van der Waals surface area contributed by atoms with Crippen LogP contribution in [0.15, 0.2) is 34.9 Å². The van der Waals surface area contributed by atoms with Gasteiger partial charge in [0.05, 0.1) is 12.8 Å². The van der Waals surface area contributed by atoms with Gasteiger partial charge in [0.15, 0.2) is 5.89 Å². The predicted octanol–water partition coefficient (Wildman–Crippen LogP) is 2.55. The van der Waals surface area contributed by atoms with E-state index in [4.69, 9.17) is 9.15 Å². The average molecular weight is 288 g/mol. The number of benzene rings is 1. The Morgan fingerprint density at radius 2 is 2.10 bits per heavy atom. The zero-order chi connectivity index (χ0) is 14.9. The second-order valence-electron chi connectivity index (χ2n) is 5.20. The highest BCUT2D eigenvalue weighted by Crippen LogP contribution is 2.10. The van der Waals surface area contributed by atoms with Crippen LogP contribution in [0.4, 0.5) is 0 Å². The van der Waals surface area contributed by atoms with Crippen molar-refractivity contribution >= 4 is 0 Å². The molecule has 21 heavy (non-hydrogen) atoms. The molecular formula is C17H24N2O2. The number of nitrogens with zero attached hydrogens (tertiary/aromatic N) is 1. The summed E-state index contributed by atoms with van der Waals surface area (Å²) in [5.41, 5.74) is 2.64. The zero-order valence-electron chi connectivity index (χ0n) is 12.9. The molecule has 0 aliphatic carbocycles. The highest BCUT2D eigenvalue weighted by atomic mass is 16.5. The number of hydrogen-bond donors (Lipinski definition) is 1. The molecule has 114 valence electrons. The van der Waals surface area contributed by atoms with Gasteiger partial charge >= 0.3 is 0 Å². The van der Waals surface area contributed by atoms with Gasteiger partial charge in [0, 0.05) is 33.0 Å². The van der Waals surface area contributed by atoms with Crippen LogP contribution in [0, 0.1) is 6.92 Å². The van der Waals surface area contributed by atoms with Crippen molar-refractivity contribution in [1.82, 2.24) is 10.3 Å². The molecule has 0 amide bonds. The van der Waals surface area contributed by atoms with Crippen molar-refractivity contribution in [2.45, 2.75) is 26.2 Å². The lowest BCUT2D eigenvalue weighted by atomic mass is 10.1. The van der Waals surface area contributed by atoms with Crippen LogP contribution in [0.3, 0.4) is 0 Å². The van der Waals surface area contributed by atoms with Crippen molar-refractivity contribution in [3.63, 3.8) is 0 Å². The van der Waals surface area contributed by atoms with Crippen LogP contribution in [-0.4, -0.2) is 31.8 Å². The van der Waals surface area contributed by atoms with Crippen LogP contribution < -0.4 is 5.32 Å². The molecule has 0 unspecified atom stereocenters. The van der Waals surface area contributed by atoms with Gasteiger partial charge in [0.2, 0.25) is 0 Å². The highest BCUT2D eigenvalue weighted by Gasteiger charge is 2.04. The van der Waals surface area contributed by atoms with Crippen LogP contribution in [-0.2, 0) is 24.0 Å². The Balaban J connectivity index is 1.72. The normalized spacial score (nSPS) is 11.0. The maximum Gasteiger partial charge on any atom is 0.195 e. The first-order valence-corrected chi connectivity index (χ1v) is 7.46. The molecule has 2 aromatic rings. The van der Waals surface area contributed by atoms with Crippen molar-refractivity contribution in [3.8, 4) is 0 Å². The second kappa shape index (κ2) is 8.60. The van der Waals surface area contributed by atoms with E-state index in [1.54, 1.807) is 7.11 Å². The second-order valence-corrected chi connectivity index (χ2v) is 5.20. The van der Waals surface area contributed by atoms with Crippen LogP contribution in [0.1, 0.15) is 22.8 Å². The molecule has 1 aromatic carbocycles. The molecule has 1 aromatic heterocycles. The van der Waals surface area contributed by atoms with Gasteiger partial charge in [-0.15, -0.1) is 0 Å². The van der Waals surface area contributed by atoms with Crippen molar-refractivity contribution in [1.29, 1.82) is 0 Å². The molecule has 0 aliphatic heterocycles. The summed E-state index contributed by atoms with van der Waals surface area (Å²) in [5, 5.41) is 3.28. The third-order valence-electron chi connectivity index (χ3n) is 3.34. The minimum absolute atomic E-state index is 0.729. The van der Waals surface area contributed by atoms with Crippen molar-refractivity contribution in [2.75, 3.05) is 26.8 Å². The van der Waals surface area contributed by atoms with E-state index >= 15 is 0 Å². The smallest absolute Gasteiger partial charge is 0.195 e. The topological polar surface area (TPSA) is 47.3 Å². The van der Waals surface area contributed by atoms with E-state index in [1.807, 2.05) is 6.20 Å². The summed E-state index contributed by atoms with van der Waals surface area (Å²) in [6, 6.07) is 8.59. The lowest BCUT2D eigenvalue weighted by Gasteiger charge is -2.02. The molecule has 0 spiro atoms. The van der Waals surface area contributed by atoms with Crippen molar-refractivity contribution < 1.29 is 9.15 Å². The SMILES string of the molecule is COCCNCCc1ncc(CCc2cccc(C)c2)o1. The van der Waals surface area contributed by atoms with Crippen LogP contribution in [0.2, 0.25) is 0 Å². The number of aryl methyl sites for hydroxylation is 3. The first kappa shape index (κ1) is 15.7. The van der Waals surface area contributed by atoms with Crippen molar-refractivity contribution in [3.05, 3.63) is 53.2 Å². The van der Waals surface area contributed by atoms with Crippen LogP contribution >= 0.6 is 0 Å². The fourth-order valence-electron chi connectivity index (χ4n) is 2.21. The predicted molar refractivity (Wildman–Crippen MR) is 83.5 cm³/mol. The Kier molecular flexibility index (Phi) is 6.44. The molecule has 0 saturated heterocycles. The quantitative estimate of drug-likeness (QED) is 0.720. The number of nitrogens with one attached hydrogen (secondary N) is 1. The summed E-state index contributed by atoms with van der Waals surface area (Å²) in [6.45, 7) is 4.57. The fraction of sp³-hybridized carbons (Fsp3) is 0.471. The number of rotatable bonds is 9. The summed E-state index contributed by atoms with van der Waals surface area (Å²) in [4.78, 5) is 4.33.